The summed E-state index contributed by atoms with van der Waals surface area (Å²) in [7, 11) is 0. The fourth-order valence-electron chi connectivity index (χ4n) is 1.57. The third-order valence-corrected chi connectivity index (χ3v) is 2.43. The monoisotopic (exact) mass is 214 g/mol. The van der Waals surface area contributed by atoms with Crippen LogP contribution in [0.1, 0.15) is 32.1 Å². The Bertz CT molecular complexity index is 231. The molecule has 86 valence electrons. The van der Waals surface area contributed by atoms with Gasteiger partial charge in [0.2, 0.25) is 11.8 Å². The second kappa shape index (κ2) is 6.40. The van der Waals surface area contributed by atoms with E-state index in [1.165, 1.54) is 0 Å². The first-order valence-corrected chi connectivity index (χ1v) is 5.42. The molecule has 0 saturated carbocycles. The van der Waals surface area contributed by atoms with Crippen molar-refractivity contribution in [2.24, 2.45) is 0 Å². The van der Waals surface area contributed by atoms with Gasteiger partial charge in [-0.2, -0.15) is 0 Å². The molecule has 0 aromatic carbocycles. The first kappa shape index (κ1) is 12.0. The minimum absolute atomic E-state index is 0.0863. The molecule has 1 fully saturated rings. The molecule has 0 radical (unpaired) electrons. The van der Waals surface area contributed by atoms with E-state index >= 15 is 0 Å². The number of unbranched alkanes of at least 4 members (excludes halogenated alkanes) is 1. The zero-order valence-corrected chi connectivity index (χ0v) is 8.79. The van der Waals surface area contributed by atoms with Crippen molar-refractivity contribution < 1.29 is 14.7 Å². The summed E-state index contributed by atoms with van der Waals surface area (Å²) in [5.74, 6) is -0.192. The number of aliphatic hydroxyl groups is 1. The van der Waals surface area contributed by atoms with Gasteiger partial charge in [-0.3, -0.25) is 9.59 Å². The van der Waals surface area contributed by atoms with Crippen LogP contribution < -0.4 is 10.6 Å². The van der Waals surface area contributed by atoms with Gasteiger partial charge in [0.1, 0.15) is 6.04 Å². The fraction of sp³-hybridized carbons (Fsp3) is 0.800. The number of amides is 2. The molecule has 2 amide bonds. The van der Waals surface area contributed by atoms with Gasteiger partial charge in [0.25, 0.3) is 0 Å². The molecule has 5 heteroatoms. The predicted molar refractivity (Wildman–Crippen MR) is 55.1 cm³/mol. The van der Waals surface area contributed by atoms with Crippen molar-refractivity contribution in [3.8, 4) is 0 Å². The number of hydrogen-bond acceptors (Lipinski definition) is 3. The lowest BCUT2D eigenvalue weighted by atomic mass is 10.1. The van der Waals surface area contributed by atoms with Crippen molar-refractivity contribution >= 4 is 11.8 Å². The van der Waals surface area contributed by atoms with Crippen LogP contribution in [0, 0.1) is 0 Å². The van der Waals surface area contributed by atoms with E-state index in [-0.39, 0.29) is 24.5 Å². The zero-order chi connectivity index (χ0) is 11.1. The minimum Gasteiger partial charge on any atom is -0.396 e. The van der Waals surface area contributed by atoms with Crippen molar-refractivity contribution in [2.45, 2.75) is 38.1 Å². The van der Waals surface area contributed by atoms with E-state index in [0.717, 1.165) is 12.8 Å². The van der Waals surface area contributed by atoms with Gasteiger partial charge in [-0.05, 0) is 25.7 Å². The average Bonchev–Trinajstić information content (AvgIpc) is 2.22. The van der Waals surface area contributed by atoms with Gasteiger partial charge >= 0.3 is 0 Å². The molecule has 0 aromatic heterocycles. The first-order chi connectivity index (χ1) is 7.24. The largest absolute Gasteiger partial charge is 0.396 e. The van der Waals surface area contributed by atoms with Gasteiger partial charge in [-0.1, -0.05) is 0 Å². The molecular weight excluding hydrogens is 196 g/mol. The van der Waals surface area contributed by atoms with E-state index in [9.17, 15) is 9.59 Å². The summed E-state index contributed by atoms with van der Waals surface area (Å²) >= 11 is 0. The highest BCUT2D eigenvalue weighted by Crippen LogP contribution is 2.04. The van der Waals surface area contributed by atoms with Gasteiger partial charge < -0.3 is 15.7 Å². The lowest BCUT2D eigenvalue weighted by Crippen LogP contribution is -2.50. The van der Waals surface area contributed by atoms with E-state index in [2.05, 4.69) is 10.6 Å². The molecule has 15 heavy (non-hydrogen) atoms. The lowest BCUT2D eigenvalue weighted by molar-refractivity contribution is -0.130. The van der Waals surface area contributed by atoms with Crippen molar-refractivity contribution in [3.05, 3.63) is 0 Å². The Labute approximate surface area is 89.2 Å². The summed E-state index contributed by atoms with van der Waals surface area (Å²) in [5, 5.41) is 14.0. The summed E-state index contributed by atoms with van der Waals surface area (Å²) in [6.07, 6.45) is 3.30. The maximum atomic E-state index is 11.4. The quantitative estimate of drug-likeness (QED) is 0.542. The number of carbonyl (C=O) groups excluding carboxylic acids is 2. The molecule has 0 aliphatic carbocycles. The zero-order valence-electron chi connectivity index (χ0n) is 8.79. The lowest BCUT2D eigenvalue weighted by Gasteiger charge is -2.22. The average molecular weight is 214 g/mol. The third kappa shape index (κ3) is 4.29. The Morgan fingerprint density at radius 1 is 1.53 bits per heavy atom. The molecule has 1 heterocycles. The van der Waals surface area contributed by atoms with Crippen LogP contribution in [-0.4, -0.2) is 36.1 Å². The van der Waals surface area contributed by atoms with E-state index < -0.39 is 0 Å². The minimum atomic E-state index is -0.361. The maximum absolute atomic E-state index is 11.4. The van der Waals surface area contributed by atoms with E-state index in [0.29, 0.717) is 25.8 Å². The summed E-state index contributed by atoms with van der Waals surface area (Å²) in [5.41, 5.74) is 0. The van der Waals surface area contributed by atoms with E-state index in [1.807, 2.05) is 0 Å². The molecule has 3 N–H and O–H groups in total. The highest BCUT2D eigenvalue weighted by molar-refractivity contribution is 5.87. The number of carbonyl (C=O) groups is 2. The Balaban J connectivity index is 2.21. The molecule has 1 aliphatic heterocycles. The second-order valence-electron chi connectivity index (χ2n) is 3.73. The predicted octanol–water partition coefficient (Wildman–Crippen LogP) is -0.456. The second-order valence-corrected chi connectivity index (χ2v) is 3.73. The molecule has 0 aromatic rings. The van der Waals surface area contributed by atoms with Gasteiger partial charge in [0, 0.05) is 19.6 Å². The van der Waals surface area contributed by atoms with Crippen LogP contribution in [-0.2, 0) is 9.59 Å². The van der Waals surface area contributed by atoms with Crippen molar-refractivity contribution in [1.29, 1.82) is 0 Å². The van der Waals surface area contributed by atoms with Crippen molar-refractivity contribution in [1.82, 2.24) is 10.6 Å². The van der Waals surface area contributed by atoms with Crippen LogP contribution >= 0.6 is 0 Å². The van der Waals surface area contributed by atoms with Crippen molar-refractivity contribution in [3.63, 3.8) is 0 Å². The summed E-state index contributed by atoms with van der Waals surface area (Å²) in [6, 6.07) is -0.361. The number of piperidine rings is 1. The Morgan fingerprint density at radius 2 is 2.33 bits per heavy atom. The molecule has 5 nitrogen and oxygen atoms in total. The molecule has 1 unspecified atom stereocenters. The summed E-state index contributed by atoms with van der Waals surface area (Å²) in [4.78, 5) is 22.7. The maximum Gasteiger partial charge on any atom is 0.242 e. The number of nitrogens with one attached hydrogen (secondary N) is 2. The Morgan fingerprint density at radius 3 is 3.00 bits per heavy atom. The highest BCUT2D eigenvalue weighted by atomic mass is 16.3. The fourth-order valence-corrected chi connectivity index (χ4v) is 1.57. The van der Waals surface area contributed by atoms with E-state index in [1.54, 1.807) is 0 Å². The summed E-state index contributed by atoms with van der Waals surface area (Å²) < 4.78 is 0. The van der Waals surface area contributed by atoms with Crippen LogP contribution in [0.4, 0.5) is 0 Å². The standard InChI is InChI=1S/C10H18N2O3/c13-7-2-1-5-9(14)12-8-4-3-6-11-10(8)15/h8,13H,1-7H2,(H,11,15)(H,12,14). The molecule has 1 atom stereocenters. The SMILES string of the molecule is O=C(CCCCO)NC1CCCNC1=O. The smallest absolute Gasteiger partial charge is 0.242 e. The van der Waals surface area contributed by atoms with Crippen molar-refractivity contribution in [2.75, 3.05) is 13.2 Å². The number of aliphatic hydroxyl groups excluding tert-OH is 1. The summed E-state index contributed by atoms with van der Waals surface area (Å²) in [6.45, 7) is 0.812. The normalized spacial score (nSPS) is 20.9. The molecule has 1 saturated heterocycles. The van der Waals surface area contributed by atoms with Gasteiger partial charge in [0.15, 0.2) is 0 Å². The van der Waals surface area contributed by atoms with Crippen LogP contribution in [0.2, 0.25) is 0 Å². The Hall–Kier alpha value is -1.10. The molecule has 1 rings (SSSR count). The number of rotatable bonds is 5. The Kier molecular flexibility index (Phi) is 5.10. The van der Waals surface area contributed by atoms with Gasteiger partial charge in [0.05, 0.1) is 0 Å². The van der Waals surface area contributed by atoms with Crippen LogP contribution in [0.3, 0.4) is 0 Å². The molecule has 0 spiro atoms. The molecule has 0 bridgehead atoms. The van der Waals surface area contributed by atoms with Crippen LogP contribution in [0.15, 0.2) is 0 Å². The first-order valence-electron chi connectivity index (χ1n) is 5.42. The van der Waals surface area contributed by atoms with Crippen LogP contribution in [0.25, 0.3) is 0 Å². The topological polar surface area (TPSA) is 78.4 Å². The van der Waals surface area contributed by atoms with Gasteiger partial charge in [-0.15, -0.1) is 0 Å². The van der Waals surface area contributed by atoms with Crippen LogP contribution in [0.5, 0.6) is 0 Å². The van der Waals surface area contributed by atoms with E-state index in [4.69, 9.17) is 5.11 Å². The number of hydrogen-bond donors (Lipinski definition) is 3. The molecule has 1 aliphatic rings. The molecular formula is C10H18N2O3. The third-order valence-electron chi connectivity index (χ3n) is 2.43. The highest BCUT2D eigenvalue weighted by Gasteiger charge is 2.22. The van der Waals surface area contributed by atoms with Gasteiger partial charge in [-0.25, -0.2) is 0 Å².